The van der Waals surface area contributed by atoms with Gasteiger partial charge in [-0.15, -0.1) is 0 Å². The van der Waals surface area contributed by atoms with Crippen molar-refractivity contribution in [2.24, 2.45) is 5.92 Å². The van der Waals surface area contributed by atoms with Crippen molar-refractivity contribution in [2.45, 2.75) is 64.8 Å². The monoisotopic (exact) mass is 329 g/mol. The third kappa shape index (κ3) is 4.44. The molecule has 2 atom stereocenters. The molecule has 0 amide bonds. The summed E-state index contributed by atoms with van der Waals surface area (Å²) in [6.45, 7) is 9.34. The zero-order chi connectivity index (χ0) is 16.9. The van der Waals surface area contributed by atoms with Gasteiger partial charge in [-0.2, -0.15) is 0 Å². The van der Waals surface area contributed by atoms with E-state index in [0.29, 0.717) is 0 Å². The van der Waals surface area contributed by atoms with Gasteiger partial charge in [-0.1, -0.05) is 39.0 Å². The van der Waals surface area contributed by atoms with Gasteiger partial charge in [-0.25, -0.2) is 0 Å². The average molecular weight is 330 g/mol. The Labute approximate surface area is 148 Å². The molecule has 1 aliphatic heterocycles. The molecular formula is C21H35N3. The number of hydrogen-bond acceptors (Lipinski definition) is 3. The molecule has 0 bridgehead atoms. The second-order valence-corrected chi connectivity index (χ2v) is 8.04. The van der Waals surface area contributed by atoms with E-state index in [0.717, 1.165) is 30.7 Å². The topological polar surface area (TPSA) is 32.5 Å². The molecule has 3 rings (SSSR count). The van der Waals surface area contributed by atoms with Gasteiger partial charge in [0, 0.05) is 43.6 Å². The summed E-state index contributed by atoms with van der Waals surface area (Å²) in [6, 6.07) is 7.15. The zero-order valence-corrected chi connectivity index (χ0v) is 15.6. The third-order valence-corrected chi connectivity index (χ3v) is 6.11. The molecule has 2 N–H and O–H groups in total. The maximum absolute atomic E-state index is 5.90. The molecule has 0 radical (unpaired) electrons. The molecule has 0 aromatic heterocycles. The molecule has 1 saturated carbocycles. The first-order chi connectivity index (χ1) is 11.6. The van der Waals surface area contributed by atoms with Crippen LogP contribution < -0.4 is 10.6 Å². The minimum atomic E-state index is 0.824. The summed E-state index contributed by atoms with van der Waals surface area (Å²) >= 11 is 0. The number of benzene rings is 1. The average Bonchev–Trinajstić information content (AvgIpc) is 2.67. The maximum Gasteiger partial charge on any atom is 0.0398 e. The van der Waals surface area contributed by atoms with E-state index in [1.54, 1.807) is 0 Å². The van der Waals surface area contributed by atoms with Crippen molar-refractivity contribution < 1.29 is 0 Å². The number of aryl methyl sites for hydroxylation is 1. The molecule has 2 fully saturated rings. The van der Waals surface area contributed by atoms with E-state index >= 15 is 0 Å². The summed E-state index contributed by atoms with van der Waals surface area (Å²) < 4.78 is 0. The number of nitrogen functional groups attached to an aromatic ring is 1. The summed E-state index contributed by atoms with van der Waals surface area (Å²) in [4.78, 5) is 5.32. The zero-order valence-electron chi connectivity index (χ0n) is 15.6. The van der Waals surface area contributed by atoms with E-state index in [1.165, 1.54) is 69.3 Å². The van der Waals surface area contributed by atoms with Crippen molar-refractivity contribution in [2.75, 3.05) is 36.8 Å². The fraction of sp³-hybridized carbons (Fsp3) is 0.714. The van der Waals surface area contributed by atoms with Crippen molar-refractivity contribution in [1.29, 1.82) is 0 Å². The Hall–Kier alpha value is -1.22. The van der Waals surface area contributed by atoms with Crippen LogP contribution >= 0.6 is 0 Å². The SMILES string of the molecule is Cc1cc(N)ccc1N1CCN(C2CCCCC(C)CCC2)CC1. The summed E-state index contributed by atoms with van der Waals surface area (Å²) in [5.74, 6) is 0.939. The van der Waals surface area contributed by atoms with Gasteiger partial charge in [0.25, 0.3) is 0 Å². The lowest BCUT2D eigenvalue weighted by Crippen LogP contribution is -2.50. The highest BCUT2D eigenvalue weighted by atomic mass is 15.3. The normalized spacial score (nSPS) is 27.3. The van der Waals surface area contributed by atoms with Gasteiger partial charge in [0.1, 0.15) is 0 Å². The van der Waals surface area contributed by atoms with Crippen molar-refractivity contribution in [3.05, 3.63) is 23.8 Å². The Morgan fingerprint density at radius 3 is 2.33 bits per heavy atom. The molecule has 2 unspecified atom stereocenters. The minimum Gasteiger partial charge on any atom is -0.399 e. The third-order valence-electron chi connectivity index (χ3n) is 6.11. The number of nitrogens with two attached hydrogens (primary N) is 1. The van der Waals surface area contributed by atoms with Crippen LogP contribution in [-0.4, -0.2) is 37.1 Å². The van der Waals surface area contributed by atoms with Gasteiger partial charge in [0.15, 0.2) is 0 Å². The predicted octanol–water partition coefficient (Wildman–Crippen LogP) is 4.45. The summed E-state index contributed by atoms with van der Waals surface area (Å²) in [6.07, 6.45) is 9.97. The van der Waals surface area contributed by atoms with Crippen LogP contribution in [0.4, 0.5) is 11.4 Å². The quantitative estimate of drug-likeness (QED) is 0.814. The molecule has 0 spiro atoms. The molecule has 1 aromatic carbocycles. The first-order valence-corrected chi connectivity index (χ1v) is 9.98. The highest BCUT2D eigenvalue weighted by Gasteiger charge is 2.25. The van der Waals surface area contributed by atoms with Gasteiger partial charge in [0.2, 0.25) is 0 Å². The fourth-order valence-corrected chi connectivity index (χ4v) is 4.59. The molecule has 2 aliphatic rings. The highest BCUT2D eigenvalue weighted by Crippen LogP contribution is 2.27. The second-order valence-electron chi connectivity index (χ2n) is 8.04. The number of nitrogens with zero attached hydrogens (tertiary/aromatic N) is 2. The molecule has 24 heavy (non-hydrogen) atoms. The van der Waals surface area contributed by atoms with E-state index in [1.807, 2.05) is 6.07 Å². The lowest BCUT2D eigenvalue weighted by Gasteiger charge is -2.41. The molecule has 3 heteroatoms. The van der Waals surface area contributed by atoms with Crippen molar-refractivity contribution in [3.8, 4) is 0 Å². The van der Waals surface area contributed by atoms with Crippen LogP contribution in [0.3, 0.4) is 0 Å². The largest absolute Gasteiger partial charge is 0.399 e. The lowest BCUT2D eigenvalue weighted by molar-refractivity contribution is 0.163. The van der Waals surface area contributed by atoms with E-state index in [9.17, 15) is 0 Å². The predicted molar refractivity (Wildman–Crippen MR) is 105 cm³/mol. The van der Waals surface area contributed by atoms with E-state index in [4.69, 9.17) is 5.73 Å². The standard InChI is InChI=1S/C21H35N3/c1-17-6-3-4-8-20(9-5-7-17)23-12-14-24(15-13-23)21-11-10-19(22)16-18(21)2/h10-11,16-17,20H,3-9,12-15,22H2,1-2H3. The van der Waals surface area contributed by atoms with Crippen LogP contribution in [-0.2, 0) is 0 Å². The van der Waals surface area contributed by atoms with Gasteiger partial charge in [-0.3, -0.25) is 4.90 Å². The van der Waals surface area contributed by atoms with Gasteiger partial charge >= 0.3 is 0 Å². The summed E-state index contributed by atoms with van der Waals surface area (Å²) in [5.41, 5.74) is 9.44. The molecule has 3 nitrogen and oxygen atoms in total. The summed E-state index contributed by atoms with van der Waals surface area (Å²) in [5, 5.41) is 0. The molecule has 1 aromatic rings. The first kappa shape index (κ1) is 17.6. The maximum atomic E-state index is 5.90. The van der Waals surface area contributed by atoms with Gasteiger partial charge < -0.3 is 10.6 Å². The van der Waals surface area contributed by atoms with Crippen LogP contribution in [0.25, 0.3) is 0 Å². The second kappa shape index (κ2) is 8.24. The van der Waals surface area contributed by atoms with Crippen LogP contribution in [0.1, 0.15) is 57.4 Å². The number of anilines is 2. The fourth-order valence-electron chi connectivity index (χ4n) is 4.59. The lowest BCUT2D eigenvalue weighted by atomic mass is 9.99. The molecule has 1 heterocycles. The number of hydrogen-bond donors (Lipinski definition) is 1. The highest BCUT2D eigenvalue weighted by molar-refractivity contribution is 5.59. The molecule has 1 saturated heterocycles. The van der Waals surface area contributed by atoms with Crippen LogP contribution in [0, 0.1) is 12.8 Å². The van der Waals surface area contributed by atoms with Crippen molar-refractivity contribution in [3.63, 3.8) is 0 Å². The van der Waals surface area contributed by atoms with E-state index in [-0.39, 0.29) is 0 Å². The van der Waals surface area contributed by atoms with E-state index < -0.39 is 0 Å². The Balaban J connectivity index is 1.55. The smallest absolute Gasteiger partial charge is 0.0398 e. The first-order valence-electron chi connectivity index (χ1n) is 9.98. The molecular weight excluding hydrogens is 294 g/mol. The van der Waals surface area contributed by atoms with Crippen molar-refractivity contribution in [1.82, 2.24) is 4.90 Å². The Morgan fingerprint density at radius 2 is 1.58 bits per heavy atom. The number of rotatable bonds is 2. The van der Waals surface area contributed by atoms with Gasteiger partial charge in [0.05, 0.1) is 0 Å². The number of piperazine rings is 1. The van der Waals surface area contributed by atoms with E-state index in [2.05, 4.69) is 35.8 Å². The van der Waals surface area contributed by atoms with Crippen molar-refractivity contribution >= 4 is 11.4 Å². The van der Waals surface area contributed by atoms with Crippen LogP contribution in [0.5, 0.6) is 0 Å². The summed E-state index contributed by atoms with van der Waals surface area (Å²) in [7, 11) is 0. The minimum absolute atomic E-state index is 0.824. The van der Waals surface area contributed by atoms with Gasteiger partial charge in [-0.05, 0) is 49.4 Å². The molecule has 134 valence electrons. The van der Waals surface area contributed by atoms with Crippen LogP contribution in [0.15, 0.2) is 18.2 Å². The Bertz CT molecular complexity index is 520. The molecule has 1 aliphatic carbocycles. The van der Waals surface area contributed by atoms with Crippen LogP contribution in [0.2, 0.25) is 0 Å². The Morgan fingerprint density at radius 1 is 0.917 bits per heavy atom. The Kier molecular flexibility index (Phi) is 6.04.